The molecule has 0 unspecified atom stereocenters. The van der Waals surface area contributed by atoms with Crippen molar-refractivity contribution >= 4 is 16.9 Å². The topological polar surface area (TPSA) is 66.2 Å². The van der Waals surface area contributed by atoms with E-state index in [0.717, 1.165) is 24.3 Å². The Hall–Kier alpha value is -2.31. The van der Waals surface area contributed by atoms with Crippen LogP contribution in [0.25, 0.3) is 16.9 Å². The van der Waals surface area contributed by atoms with E-state index in [0.29, 0.717) is 23.8 Å². The maximum absolute atomic E-state index is 13.0. The number of imidazole rings is 2. The van der Waals surface area contributed by atoms with E-state index in [1.165, 1.54) is 22.0 Å². The molecule has 0 spiro atoms. The first-order valence-electron chi connectivity index (χ1n) is 9.09. The van der Waals surface area contributed by atoms with Gasteiger partial charge in [-0.3, -0.25) is 18.3 Å². The lowest BCUT2D eigenvalue weighted by Crippen LogP contribution is -2.40. The molecule has 0 aromatic carbocycles. The molecular formula is C18H25N5O2. The largest absolute Gasteiger partial charge is 0.332 e. The van der Waals surface area contributed by atoms with Crippen molar-refractivity contribution in [3.63, 3.8) is 0 Å². The molecule has 0 N–H and O–H groups in total. The second kappa shape index (κ2) is 5.61. The molecule has 3 aromatic heterocycles. The van der Waals surface area contributed by atoms with E-state index in [4.69, 9.17) is 4.98 Å². The minimum Gasteiger partial charge on any atom is -0.311 e. The molecule has 3 aromatic rings. The van der Waals surface area contributed by atoms with Crippen LogP contribution in [0.15, 0.2) is 15.8 Å². The van der Waals surface area contributed by atoms with Gasteiger partial charge < -0.3 is 4.57 Å². The molecule has 0 radical (unpaired) electrons. The van der Waals surface area contributed by atoms with Crippen LogP contribution in [-0.2, 0) is 13.6 Å². The van der Waals surface area contributed by atoms with Crippen molar-refractivity contribution in [1.29, 1.82) is 0 Å². The quantitative estimate of drug-likeness (QED) is 0.732. The third-order valence-corrected chi connectivity index (χ3v) is 5.31. The molecule has 1 aliphatic carbocycles. The molecule has 134 valence electrons. The molecule has 0 bridgehead atoms. The van der Waals surface area contributed by atoms with E-state index in [2.05, 4.69) is 11.5 Å². The van der Waals surface area contributed by atoms with Gasteiger partial charge in [0.05, 0.1) is 0 Å². The average Bonchev–Trinajstić information content (AvgIpc) is 3.24. The second-order valence-electron chi connectivity index (χ2n) is 7.68. The summed E-state index contributed by atoms with van der Waals surface area (Å²) < 4.78 is 6.95. The van der Waals surface area contributed by atoms with Crippen LogP contribution >= 0.6 is 0 Å². The fourth-order valence-corrected chi connectivity index (χ4v) is 4.17. The summed E-state index contributed by atoms with van der Waals surface area (Å²) in [6, 6.07) is 0.434. The Labute approximate surface area is 145 Å². The maximum atomic E-state index is 13.0. The molecule has 0 saturated heterocycles. The predicted molar refractivity (Wildman–Crippen MR) is 97.3 cm³/mol. The fraction of sp³-hybridized carbons (Fsp3) is 0.611. The highest BCUT2D eigenvalue weighted by Crippen LogP contribution is 2.32. The minimum absolute atomic E-state index is 0.219. The first kappa shape index (κ1) is 16.2. The zero-order valence-corrected chi connectivity index (χ0v) is 15.3. The van der Waals surface area contributed by atoms with Gasteiger partial charge in [0.25, 0.3) is 5.56 Å². The molecule has 1 saturated carbocycles. The normalized spacial score (nSPS) is 16.0. The van der Waals surface area contributed by atoms with Gasteiger partial charge in [0.2, 0.25) is 5.78 Å². The van der Waals surface area contributed by atoms with Crippen molar-refractivity contribution in [3.8, 4) is 0 Å². The first-order chi connectivity index (χ1) is 11.9. The van der Waals surface area contributed by atoms with E-state index in [1.54, 1.807) is 7.05 Å². The molecule has 1 fully saturated rings. The SMILES string of the molecule is Cc1cn2c3c(=O)n(CC(C)C)c(=O)n(C)c3nc2n1C1CCCC1. The number of rotatable bonds is 3. The Bertz CT molecular complexity index is 1070. The van der Waals surface area contributed by atoms with Crippen molar-refractivity contribution in [3.05, 3.63) is 32.7 Å². The number of aromatic nitrogens is 5. The highest BCUT2D eigenvalue weighted by Gasteiger charge is 2.25. The standard InChI is InChI=1S/C18H25N5O2/c1-11(2)9-22-16(24)14-15(20(4)18(22)25)19-17-21(14)10-12(3)23(17)13-7-5-6-8-13/h10-11,13H,5-9H2,1-4H3. The molecule has 7 nitrogen and oxygen atoms in total. The van der Waals surface area contributed by atoms with Gasteiger partial charge in [-0.2, -0.15) is 4.98 Å². The van der Waals surface area contributed by atoms with Gasteiger partial charge in [0.15, 0.2) is 11.2 Å². The second-order valence-corrected chi connectivity index (χ2v) is 7.68. The zero-order valence-electron chi connectivity index (χ0n) is 15.3. The first-order valence-corrected chi connectivity index (χ1v) is 9.09. The van der Waals surface area contributed by atoms with E-state index in [-0.39, 0.29) is 17.2 Å². The smallest absolute Gasteiger partial charge is 0.311 e. The summed E-state index contributed by atoms with van der Waals surface area (Å²) in [7, 11) is 1.69. The van der Waals surface area contributed by atoms with Crippen LogP contribution < -0.4 is 11.2 Å². The van der Waals surface area contributed by atoms with Crippen LogP contribution in [0.4, 0.5) is 0 Å². The van der Waals surface area contributed by atoms with E-state index < -0.39 is 0 Å². The lowest BCUT2D eigenvalue weighted by molar-refractivity contribution is 0.484. The van der Waals surface area contributed by atoms with Crippen LogP contribution in [0.3, 0.4) is 0 Å². The number of hydrogen-bond acceptors (Lipinski definition) is 3. The van der Waals surface area contributed by atoms with Gasteiger partial charge in [-0.1, -0.05) is 26.7 Å². The highest BCUT2D eigenvalue weighted by molar-refractivity contribution is 5.75. The van der Waals surface area contributed by atoms with Crippen LogP contribution in [0.1, 0.15) is 51.3 Å². The predicted octanol–water partition coefficient (Wildman–Crippen LogP) is 2.23. The average molecular weight is 343 g/mol. The Morgan fingerprint density at radius 3 is 2.56 bits per heavy atom. The summed E-state index contributed by atoms with van der Waals surface area (Å²) in [5.41, 5.74) is 1.54. The van der Waals surface area contributed by atoms with Crippen molar-refractivity contribution < 1.29 is 0 Å². The molecule has 0 aliphatic heterocycles. The van der Waals surface area contributed by atoms with Crippen LogP contribution in [-0.4, -0.2) is 23.1 Å². The molecule has 25 heavy (non-hydrogen) atoms. The molecule has 4 rings (SSSR count). The fourth-order valence-electron chi connectivity index (χ4n) is 4.17. The summed E-state index contributed by atoms with van der Waals surface area (Å²) in [5, 5.41) is 0. The van der Waals surface area contributed by atoms with Crippen molar-refractivity contribution in [2.45, 2.75) is 59.0 Å². The summed E-state index contributed by atoms with van der Waals surface area (Å²) >= 11 is 0. The van der Waals surface area contributed by atoms with Crippen molar-refractivity contribution in [1.82, 2.24) is 23.1 Å². The van der Waals surface area contributed by atoms with Gasteiger partial charge in [0.1, 0.15) is 0 Å². The molecular weight excluding hydrogens is 318 g/mol. The third kappa shape index (κ3) is 2.28. The lowest BCUT2D eigenvalue weighted by atomic mass is 10.2. The minimum atomic E-state index is -0.295. The summed E-state index contributed by atoms with van der Waals surface area (Å²) in [4.78, 5) is 30.3. The third-order valence-electron chi connectivity index (χ3n) is 5.31. The number of aryl methyl sites for hydroxylation is 2. The van der Waals surface area contributed by atoms with Gasteiger partial charge >= 0.3 is 5.69 Å². The Balaban J connectivity index is 2.07. The van der Waals surface area contributed by atoms with Crippen LogP contribution in [0.2, 0.25) is 0 Å². The summed E-state index contributed by atoms with van der Waals surface area (Å²) in [5.74, 6) is 0.991. The molecule has 1 aliphatic rings. The monoisotopic (exact) mass is 343 g/mol. The Kier molecular flexibility index (Phi) is 3.63. The molecule has 0 atom stereocenters. The molecule has 7 heteroatoms. The van der Waals surface area contributed by atoms with E-state index in [1.807, 2.05) is 24.4 Å². The number of hydrogen-bond donors (Lipinski definition) is 0. The maximum Gasteiger partial charge on any atom is 0.332 e. The van der Waals surface area contributed by atoms with Gasteiger partial charge in [-0.05, 0) is 25.7 Å². The van der Waals surface area contributed by atoms with Crippen molar-refractivity contribution in [2.24, 2.45) is 13.0 Å². The van der Waals surface area contributed by atoms with E-state index >= 15 is 0 Å². The van der Waals surface area contributed by atoms with Gasteiger partial charge in [-0.25, -0.2) is 4.79 Å². The van der Waals surface area contributed by atoms with Crippen LogP contribution in [0, 0.1) is 12.8 Å². The molecule has 3 heterocycles. The van der Waals surface area contributed by atoms with Crippen LogP contribution in [0.5, 0.6) is 0 Å². The number of nitrogens with zero attached hydrogens (tertiary/aromatic N) is 5. The Morgan fingerprint density at radius 2 is 1.92 bits per heavy atom. The summed E-state index contributed by atoms with van der Waals surface area (Å²) in [6.07, 6.45) is 6.73. The van der Waals surface area contributed by atoms with E-state index in [9.17, 15) is 9.59 Å². The van der Waals surface area contributed by atoms with Gasteiger partial charge in [-0.15, -0.1) is 0 Å². The van der Waals surface area contributed by atoms with Crippen molar-refractivity contribution in [2.75, 3.05) is 0 Å². The summed E-state index contributed by atoms with van der Waals surface area (Å²) in [6.45, 7) is 6.48. The Morgan fingerprint density at radius 1 is 1.24 bits per heavy atom. The lowest BCUT2D eigenvalue weighted by Gasteiger charge is -2.13. The van der Waals surface area contributed by atoms with Gasteiger partial charge in [0, 0.05) is 31.5 Å². The zero-order chi connectivity index (χ0) is 17.9. The molecule has 0 amide bonds. The highest BCUT2D eigenvalue weighted by atomic mass is 16.2. The number of fused-ring (bicyclic) bond motifs is 3.